The van der Waals surface area contributed by atoms with Gasteiger partial charge in [0.15, 0.2) is 5.79 Å². The zero-order valence-electron chi connectivity index (χ0n) is 9.30. The predicted molar refractivity (Wildman–Crippen MR) is 53.5 cm³/mol. The fraction of sp³-hybridized carbons (Fsp3) is 1.00. The summed E-state index contributed by atoms with van der Waals surface area (Å²) in [7, 11) is 3.50. The van der Waals surface area contributed by atoms with E-state index in [0.717, 1.165) is 24.7 Å². The molecule has 0 spiro atoms. The highest BCUT2D eigenvalue weighted by Crippen LogP contribution is 2.37. The molecule has 0 bridgehead atoms. The molecule has 0 N–H and O–H groups in total. The molecule has 0 aromatic heterocycles. The minimum absolute atomic E-state index is 0.272. The third kappa shape index (κ3) is 2.44. The Morgan fingerprint density at radius 2 is 1.54 bits per heavy atom. The average Bonchev–Trinajstić information content (AvgIpc) is 2.18. The van der Waals surface area contributed by atoms with Gasteiger partial charge in [-0.25, -0.2) is 0 Å². The molecule has 1 saturated carbocycles. The molecule has 1 aliphatic rings. The van der Waals surface area contributed by atoms with Gasteiger partial charge >= 0.3 is 0 Å². The third-order valence-corrected chi connectivity index (χ3v) is 3.48. The van der Waals surface area contributed by atoms with Crippen molar-refractivity contribution in [1.82, 2.24) is 0 Å². The van der Waals surface area contributed by atoms with Gasteiger partial charge in [0.05, 0.1) is 0 Å². The molecule has 0 unspecified atom stereocenters. The highest BCUT2D eigenvalue weighted by atomic mass is 16.7. The van der Waals surface area contributed by atoms with E-state index in [4.69, 9.17) is 9.47 Å². The first-order valence-corrected chi connectivity index (χ1v) is 5.24. The lowest BCUT2D eigenvalue weighted by Crippen LogP contribution is -2.38. The van der Waals surface area contributed by atoms with Crippen molar-refractivity contribution in [3.05, 3.63) is 0 Å². The Hall–Kier alpha value is -0.0800. The molecule has 1 fully saturated rings. The summed E-state index contributed by atoms with van der Waals surface area (Å²) >= 11 is 0. The lowest BCUT2D eigenvalue weighted by molar-refractivity contribution is -0.228. The molecule has 0 atom stereocenters. The summed E-state index contributed by atoms with van der Waals surface area (Å²) in [6.07, 6.45) is 4.56. The van der Waals surface area contributed by atoms with Crippen LogP contribution in [0.2, 0.25) is 0 Å². The van der Waals surface area contributed by atoms with Crippen molar-refractivity contribution in [2.45, 2.75) is 45.3 Å². The molecule has 0 aromatic rings. The van der Waals surface area contributed by atoms with Gasteiger partial charge in [0.25, 0.3) is 0 Å². The molecular formula is C11H22O2. The van der Waals surface area contributed by atoms with Crippen molar-refractivity contribution in [1.29, 1.82) is 0 Å². The van der Waals surface area contributed by atoms with Gasteiger partial charge < -0.3 is 9.47 Å². The second kappa shape index (κ2) is 4.43. The Bertz CT molecular complexity index is 140. The second-order valence-electron chi connectivity index (χ2n) is 4.40. The first kappa shape index (κ1) is 11.0. The fourth-order valence-electron chi connectivity index (χ4n) is 2.24. The second-order valence-corrected chi connectivity index (χ2v) is 4.40. The molecule has 1 rings (SSSR count). The number of methoxy groups -OCH3 is 2. The Balaban J connectivity index is 2.45. The van der Waals surface area contributed by atoms with Crippen LogP contribution in [-0.4, -0.2) is 20.0 Å². The van der Waals surface area contributed by atoms with Crippen LogP contribution >= 0.6 is 0 Å². The zero-order chi connectivity index (χ0) is 9.90. The zero-order valence-corrected chi connectivity index (χ0v) is 9.30. The van der Waals surface area contributed by atoms with E-state index in [0.29, 0.717) is 0 Å². The van der Waals surface area contributed by atoms with E-state index < -0.39 is 0 Å². The normalized spacial score (nSPS) is 23.8. The van der Waals surface area contributed by atoms with E-state index in [9.17, 15) is 0 Å². The maximum absolute atomic E-state index is 5.43. The summed E-state index contributed by atoms with van der Waals surface area (Å²) < 4.78 is 10.9. The smallest absolute Gasteiger partial charge is 0.167 e. The number of hydrogen-bond acceptors (Lipinski definition) is 2. The average molecular weight is 186 g/mol. The van der Waals surface area contributed by atoms with Crippen LogP contribution in [0.15, 0.2) is 0 Å². The molecule has 0 saturated heterocycles. The van der Waals surface area contributed by atoms with E-state index in [-0.39, 0.29) is 5.79 Å². The van der Waals surface area contributed by atoms with Gasteiger partial charge in [0.2, 0.25) is 0 Å². The molecule has 2 heteroatoms. The summed E-state index contributed by atoms with van der Waals surface area (Å²) in [4.78, 5) is 0. The monoisotopic (exact) mass is 186 g/mol. The van der Waals surface area contributed by atoms with Crippen LogP contribution in [0.4, 0.5) is 0 Å². The molecule has 0 heterocycles. The Labute approximate surface area is 81.6 Å². The van der Waals surface area contributed by atoms with E-state index in [2.05, 4.69) is 13.8 Å². The molecule has 78 valence electrons. The van der Waals surface area contributed by atoms with Crippen molar-refractivity contribution < 1.29 is 9.47 Å². The van der Waals surface area contributed by atoms with E-state index in [1.54, 1.807) is 14.2 Å². The van der Waals surface area contributed by atoms with Crippen molar-refractivity contribution in [3.8, 4) is 0 Å². The third-order valence-electron chi connectivity index (χ3n) is 3.48. The van der Waals surface area contributed by atoms with Crippen molar-refractivity contribution in [2.75, 3.05) is 14.2 Å². The summed E-state index contributed by atoms with van der Waals surface area (Å²) in [6.45, 7) is 4.61. The van der Waals surface area contributed by atoms with Crippen LogP contribution in [0.1, 0.15) is 39.5 Å². The standard InChI is InChI=1S/C11H22O2/c1-9(2)10-5-7-11(12-3,13-4)8-6-10/h9-10H,5-8H2,1-4H3. The summed E-state index contributed by atoms with van der Waals surface area (Å²) in [5.74, 6) is 1.39. The topological polar surface area (TPSA) is 18.5 Å². The van der Waals surface area contributed by atoms with E-state index in [1.165, 1.54) is 12.8 Å². The van der Waals surface area contributed by atoms with Crippen molar-refractivity contribution >= 4 is 0 Å². The van der Waals surface area contributed by atoms with Crippen molar-refractivity contribution in [2.24, 2.45) is 11.8 Å². The van der Waals surface area contributed by atoms with Crippen LogP contribution in [-0.2, 0) is 9.47 Å². The van der Waals surface area contributed by atoms with Gasteiger partial charge in [-0.2, -0.15) is 0 Å². The van der Waals surface area contributed by atoms with Crippen LogP contribution in [0.3, 0.4) is 0 Å². The molecule has 0 amide bonds. The number of hydrogen-bond donors (Lipinski definition) is 0. The first-order valence-electron chi connectivity index (χ1n) is 5.24. The lowest BCUT2D eigenvalue weighted by atomic mass is 9.79. The van der Waals surface area contributed by atoms with Gasteiger partial charge in [-0.1, -0.05) is 13.8 Å². The molecular weight excluding hydrogens is 164 g/mol. The van der Waals surface area contributed by atoms with Crippen LogP contribution in [0.5, 0.6) is 0 Å². The van der Waals surface area contributed by atoms with Gasteiger partial charge in [-0.15, -0.1) is 0 Å². The van der Waals surface area contributed by atoms with Gasteiger partial charge in [0.1, 0.15) is 0 Å². The Morgan fingerprint density at radius 1 is 1.08 bits per heavy atom. The molecule has 0 radical (unpaired) electrons. The summed E-state index contributed by atoms with van der Waals surface area (Å²) in [5, 5.41) is 0. The maximum atomic E-state index is 5.43. The highest BCUT2D eigenvalue weighted by molar-refractivity contribution is 4.80. The molecule has 0 aliphatic heterocycles. The number of ether oxygens (including phenoxy) is 2. The molecule has 13 heavy (non-hydrogen) atoms. The minimum atomic E-state index is -0.272. The van der Waals surface area contributed by atoms with Crippen LogP contribution in [0.25, 0.3) is 0 Å². The van der Waals surface area contributed by atoms with E-state index >= 15 is 0 Å². The maximum Gasteiger partial charge on any atom is 0.167 e. The van der Waals surface area contributed by atoms with Gasteiger partial charge in [-0.05, 0) is 24.7 Å². The first-order chi connectivity index (χ1) is 6.13. The Morgan fingerprint density at radius 3 is 1.85 bits per heavy atom. The van der Waals surface area contributed by atoms with Crippen LogP contribution < -0.4 is 0 Å². The van der Waals surface area contributed by atoms with Gasteiger partial charge in [-0.3, -0.25) is 0 Å². The number of rotatable bonds is 3. The Kier molecular flexibility index (Phi) is 3.74. The summed E-state index contributed by atoms with van der Waals surface area (Å²) in [5.41, 5.74) is 0. The fourth-order valence-corrected chi connectivity index (χ4v) is 2.24. The molecule has 2 nitrogen and oxygen atoms in total. The van der Waals surface area contributed by atoms with Crippen LogP contribution in [0, 0.1) is 11.8 Å². The highest BCUT2D eigenvalue weighted by Gasteiger charge is 2.35. The van der Waals surface area contributed by atoms with Gasteiger partial charge in [0, 0.05) is 27.1 Å². The van der Waals surface area contributed by atoms with E-state index in [1.807, 2.05) is 0 Å². The molecule has 1 aliphatic carbocycles. The quantitative estimate of drug-likeness (QED) is 0.631. The lowest BCUT2D eigenvalue weighted by Gasteiger charge is -2.39. The SMILES string of the molecule is COC1(OC)CCC(C(C)C)CC1. The predicted octanol–water partition coefficient (Wildman–Crippen LogP) is 2.82. The minimum Gasteiger partial charge on any atom is -0.353 e. The van der Waals surface area contributed by atoms with Crippen molar-refractivity contribution in [3.63, 3.8) is 0 Å². The summed E-state index contributed by atoms with van der Waals surface area (Å²) in [6, 6.07) is 0. The largest absolute Gasteiger partial charge is 0.353 e. The molecule has 0 aromatic carbocycles.